The van der Waals surface area contributed by atoms with Gasteiger partial charge in [0.25, 0.3) is 0 Å². The summed E-state index contributed by atoms with van der Waals surface area (Å²) in [5.41, 5.74) is 1.18. The van der Waals surface area contributed by atoms with Gasteiger partial charge in [-0.05, 0) is 19.3 Å². The van der Waals surface area contributed by atoms with Crippen LogP contribution in [0.3, 0.4) is 0 Å². The number of carbonyl (C=O) groups excluding carboxylic acids is 2. The first kappa shape index (κ1) is 12.9. The number of allylic oxidation sites excluding steroid dienone is 1. The standard InChI is InChI=1S/C13H20O3/c1-4-5-9(2)6-10(3)7-11-8-12(14)16-13(11)15/h7,9,11H,4-6,8H2,1-3H3/b10-7+. The largest absolute Gasteiger partial charge is 0.393 e. The second-order valence-corrected chi connectivity index (χ2v) is 4.71. The highest BCUT2D eigenvalue weighted by atomic mass is 16.6. The molecule has 1 aliphatic rings. The monoisotopic (exact) mass is 224 g/mol. The Balaban J connectivity index is 2.49. The van der Waals surface area contributed by atoms with Crippen LogP contribution in [0.4, 0.5) is 0 Å². The van der Waals surface area contributed by atoms with Crippen LogP contribution in [0, 0.1) is 11.8 Å². The first-order valence-corrected chi connectivity index (χ1v) is 5.94. The predicted molar refractivity (Wildman–Crippen MR) is 61.7 cm³/mol. The summed E-state index contributed by atoms with van der Waals surface area (Å²) in [5, 5.41) is 0. The van der Waals surface area contributed by atoms with Crippen LogP contribution in [0.1, 0.15) is 46.5 Å². The molecular formula is C13H20O3. The summed E-state index contributed by atoms with van der Waals surface area (Å²) in [5.74, 6) is -0.510. The Bertz CT molecular complexity index is 304. The van der Waals surface area contributed by atoms with E-state index in [1.807, 2.05) is 13.0 Å². The Labute approximate surface area is 96.9 Å². The van der Waals surface area contributed by atoms with E-state index >= 15 is 0 Å². The van der Waals surface area contributed by atoms with Gasteiger partial charge in [0.1, 0.15) is 0 Å². The third-order valence-electron chi connectivity index (χ3n) is 2.84. The van der Waals surface area contributed by atoms with E-state index in [2.05, 4.69) is 18.6 Å². The molecule has 3 heteroatoms. The summed E-state index contributed by atoms with van der Waals surface area (Å²) >= 11 is 0. The average Bonchev–Trinajstić information content (AvgIpc) is 2.44. The topological polar surface area (TPSA) is 43.4 Å². The smallest absolute Gasteiger partial charge is 0.321 e. The third-order valence-corrected chi connectivity index (χ3v) is 2.84. The summed E-state index contributed by atoms with van der Waals surface area (Å²) in [6.07, 6.45) is 5.46. The van der Waals surface area contributed by atoms with Crippen LogP contribution in [0.2, 0.25) is 0 Å². The second kappa shape index (κ2) is 5.83. The van der Waals surface area contributed by atoms with Gasteiger partial charge in [-0.3, -0.25) is 9.59 Å². The van der Waals surface area contributed by atoms with Crippen LogP contribution < -0.4 is 0 Å². The zero-order valence-electron chi connectivity index (χ0n) is 10.3. The maximum atomic E-state index is 11.2. The first-order valence-electron chi connectivity index (χ1n) is 5.94. The molecule has 1 aliphatic heterocycles. The Morgan fingerprint density at radius 3 is 2.75 bits per heavy atom. The van der Waals surface area contributed by atoms with Crippen LogP contribution in [0.15, 0.2) is 11.6 Å². The average molecular weight is 224 g/mol. The molecule has 1 rings (SSSR count). The van der Waals surface area contributed by atoms with Crippen molar-refractivity contribution in [1.29, 1.82) is 0 Å². The highest BCUT2D eigenvalue weighted by molar-refractivity contribution is 5.95. The number of cyclic esters (lactones) is 2. The van der Waals surface area contributed by atoms with Crippen molar-refractivity contribution in [3.05, 3.63) is 11.6 Å². The van der Waals surface area contributed by atoms with Crippen LogP contribution in [0.5, 0.6) is 0 Å². The third kappa shape index (κ3) is 3.80. The lowest BCUT2D eigenvalue weighted by atomic mass is 9.95. The molecule has 0 saturated carbocycles. The molecule has 1 heterocycles. The molecule has 0 aromatic carbocycles. The first-order chi connectivity index (χ1) is 7.52. The van der Waals surface area contributed by atoms with Gasteiger partial charge in [0, 0.05) is 0 Å². The van der Waals surface area contributed by atoms with E-state index in [9.17, 15) is 9.59 Å². The summed E-state index contributed by atoms with van der Waals surface area (Å²) < 4.78 is 4.50. The van der Waals surface area contributed by atoms with Crippen LogP contribution >= 0.6 is 0 Å². The van der Waals surface area contributed by atoms with Crippen LogP contribution in [0.25, 0.3) is 0 Å². The number of esters is 2. The molecular weight excluding hydrogens is 204 g/mol. The van der Waals surface area contributed by atoms with E-state index in [0.717, 1.165) is 6.42 Å². The quantitative estimate of drug-likeness (QED) is 0.409. The van der Waals surface area contributed by atoms with Crippen LogP contribution in [-0.2, 0) is 14.3 Å². The number of carbonyl (C=O) groups is 2. The summed E-state index contributed by atoms with van der Waals surface area (Å²) in [7, 11) is 0. The minimum absolute atomic E-state index is 0.207. The van der Waals surface area contributed by atoms with Crippen molar-refractivity contribution >= 4 is 11.9 Å². The molecule has 0 radical (unpaired) electrons. The van der Waals surface area contributed by atoms with Gasteiger partial charge in [0.15, 0.2) is 0 Å². The Morgan fingerprint density at radius 2 is 2.25 bits per heavy atom. The number of hydrogen-bond acceptors (Lipinski definition) is 3. The molecule has 2 unspecified atom stereocenters. The van der Waals surface area contributed by atoms with Gasteiger partial charge in [-0.15, -0.1) is 0 Å². The van der Waals surface area contributed by atoms with Crippen molar-refractivity contribution in [2.45, 2.75) is 46.5 Å². The molecule has 0 N–H and O–H groups in total. The fourth-order valence-electron chi connectivity index (χ4n) is 2.18. The normalized spacial score (nSPS) is 23.4. The molecule has 0 spiro atoms. The van der Waals surface area contributed by atoms with E-state index in [-0.39, 0.29) is 12.3 Å². The Morgan fingerprint density at radius 1 is 1.56 bits per heavy atom. The highest BCUT2D eigenvalue weighted by Gasteiger charge is 2.31. The van der Waals surface area contributed by atoms with Crippen molar-refractivity contribution in [2.75, 3.05) is 0 Å². The maximum absolute atomic E-state index is 11.2. The van der Waals surface area contributed by atoms with Gasteiger partial charge in [0.05, 0.1) is 12.3 Å². The molecule has 16 heavy (non-hydrogen) atoms. The van der Waals surface area contributed by atoms with Crippen molar-refractivity contribution in [3.8, 4) is 0 Å². The fraction of sp³-hybridized carbons (Fsp3) is 0.692. The predicted octanol–water partition coefficient (Wildman–Crippen LogP) is 2.85. The molecule has 3 nitrogen and oxygen atoms in total. The van der Waals surface area contributed by atoms with Gasteiger partial charge in [-0.25, -0.2) is 0 Å². The van der Waals surface area contributed by atoms with Crippen molar-refractivity contribution < 1.29 is 14.3 Å². The zero-order chi connectivity index (χ0) is 12.1. The van der Waals surface area contributed by atoms with Crippen LogP contribution in [-0.4, -0.2) is 11.9 Å². The molecule has 0 amide bonds. The van der Waals surface area contributed by atoms with Gasteiger partial charge < -0.3 is 4.74 Å². The lowest BCUT2D eigenvalue weighted by Gasteiger charge is -2.10. The zero-order valence-corrected chi connectivity index (χ0v) is 10.3. The molecule has 90 valence electrons. The summed E-state index contributed by atoms with van der Waals surface area (Å²) in [4.78, 5) is 22.1. The van der Waals surface area contributed by atoms with Crippen molar-refractivity contribution in [2.24, 2.45) is 11.8 Å². The summed E-state index contributed by atoms with van der Waals surface area (Å²) in [6.45, 7) is 6.39. The SMILES string of the molecule is CCCC(C)C/C(C)=C/C1CC(=O)OC1=O. The Kier molecular flexibility index (Phi) is 4.71. The van der Waals surface area contributed by atoms with E-state index in [1.165, 1.54) is 18.4 Å². The van der Waals surface area contributed by atoms with Gasteiger partial charge in [0.2, 0.25) is 0 Å². The van der Waals surface area contributed by atoms with E-state index in [4.69, 9.17) is 0 Å². The lowest BCUT2D eigenvalue weighted by molar-refractivity contribution is -0.152. The summed E-state index contributed by atoms with van der Waals surface area (Å²) in [6, 6.07) is 0. The molecule has 0 aromatic rings. The van der Waals surface area contributed by atoms with Gasteiger partial charge >= 0.3 is 11.9 Å². The minimum atomic E-state index is -0.402. The number of hydrogen-bond donors (Lipinski definition) is 0. The number of rotatable bonds is 5. The van der Waals surface area contributed by atoms with E-state index in [0.29, 0.717) is 5.92 Å². The van der Waals surface area contributed by atoms with Gasteiger partial charge in [-0.1, -0.05) is 38.3 Å². The molecule has 0 aromatic heterocycles. The molecule has 0 aliphatic carbocycles. The fourth-order valence-corrected chi connectivity index (χ4v) is 2.18. The molecule has 2 atom stereocenters. The minimum Gasteiger partial charge on any atom is -0.393 e. The van der Waals surface area contributed by atoms with Gasteiger partial charge in [-0.2, -0.15) is 0 Å². The molecule has 1 fully saturated rings. The lowest BCUT2D eigenvalue weighted by Crippen LogP contribution is -2.05. The molecule has 1 saturated heterocycles. The maximum Gasteiger partial charge on any atom is 0.321 e. The van der Waals surface area contributed by atoms with E-state index < -0.39 is 11.9 Å². The second-order valence-electron chi connectivity index (χ2n) is 4.71. The number of ether oxygens (including phenoxy) is 1. The van der Waals surface area contributed by atoms with Crippen molar-refractivity contribution in [3.63, 3.8) is 0 Å². The Hall–Kier alpha value is -1.12. The molecule has 0 bridgehead atoms. The highest BCUT2D eigenvalue weighted by Crippen LogP contribution is 2.22. The van der Waals surface area contributed by atoms with E-state index in [1.54, 1.807) is 0 Å². The van der Waals surface area contributed by atoms with Crippen molar-refractivity contribution in [1.82, 2.24) is 0 Å².